The minimum atomic E-state index is -0.576. The first kappa shape index (κ1) is 40.3. The third kappa shape index (κ3) is 8.92. The number of nitrogens with zero attached hydrogens (tertiary/aromatic N) is 2. The van der Waals surface area contributed by atoms with Gasteiger partial charge in [-0.3, -0.25) is 9.59 Å². The number of H-pyrrole nitrogens is 1. The van der Waals surface area contributed by atoms with Crippen molar-refractivity contribution in [2.45, 2.75) is 89.0 Å². The Balaban J connectivity index is 1.12. The number of ether oxygens (including phenoxy) is 4. The highest BCUT2D eigenvalue weighted by Gasteiger charge is 2.45. The second-order valence-electron chi connectivity index (χ2n) is 15.7. The number of amides is 2. The number of aromatic nitrogens is 1. The molecule has 2 N–H and O–H groups in total. The molecule has 2 fully saturated rings. The van der Waals surface area contributed by atoms with Crippen LogP contribution in [0.25, 0.3) is 10.9 Å². The molecule has 1 aromatic heterocycles. The van der Waals surface area contributed by atoms with Crippen LogP contribution in [-0.2, 0) is 48.2 Å². The maximum atomic E-state index is 14.9. The Labute approximate surface area is 345 Å². The highest BCUT2D eigenvalue weighted by molar-refractivity contribution is 5.86. The summed E-state index contributed by atoms with van der Waals surface area (Å²) < 4.78 is 52.5. The maximum Gasteiger partial charge on any atom is 0.410 e. The second kappa shape index (κ2) is 17.4. The van der Waals surface area contributed by atoms with E-state index in [0.717, 1.165) is 27.6 Å². The van der Waals surface area contributed by atoms with Gasteiger partial charge in [0.25, 0.3) is 0 Å². The third-order valence-corrected chi connectivity index (χ3v) is 11.6. The summed E-state index contributed by atoms with van der Waals surface area (Å²) in [4.78, 5) is 58.4. The molecule has 5 aromatic rings. The van der Waals surface area contributed by atoms with E-state index in [9.17, 15) is 28.0 Å². The minimum absolute atomic E-state index is 0.0531. The number of benzene rings is 4. The molecule has 12 nitrogen and oxygen atoms in total. The molecule has 4 heterocycles. The van der Waals surface area contributed by atoms with Crippen molar-refractivity contribution in [1.82, 2.24) is 14.8 Å². The summed E-state index contributed by atoms with van der Waals surface area (Å²) >= 11 is 0. The summed E-state index contributed by atoms with van der Waals surface area (Å²) in [5, 5.41) is 4.26. The lowest BCUT2D eigenvalue weighted by atomic mass is 9.84. The molecule has 2 unspecified atom stereocenters. The van der Waals surface area contributed by atoms with Crippen molar-refractivity contribution in [3.05, 3.63) is 137 Å². The number of anilines is 1. The summed E-state index contributed by atoms with van der Waals surface area (Å²) in [6, 6.07) is 26.2. The number of likely N-dealkylation sites (tertiary alicyclic amines) is 2. The van der Waals surface area contributed by atoms with Crippen LogP contribution in [0.1, 0.15) is 73.0 Å². The van der Waals surface area contributed by atoms with Crippen molar-refractivity contribution < 1.29 is 46.9 Å². The number of rotatable bonds is 11. The van der Waals surface area contributed by atoms with E-state index in [1.54, 1.807) is 21.9 Å². The van der Waals surface area contributed by atoms with E-state index in [-0.39, 0.29) is 38.6 Å². The van der Waals surface area contributed by atoms with Crippen molar-refractivity contribution in [3.8, 4) is 0 Å². The molecule has 0 radical (unpaired) electrons. The van der Waals surface area contributed by atoms with Gasteiger partial charge in [-0.2, -0.15) is 0 Å². The van der Waals surface area contributed by atoms with Crippen LogP contribution in [-0.4, -0.2) is 76.3 Å². The van der Waals surface area contributed by atoms with Crippen LogP contribution in [0.15, 0.2) is 97.1 Å². The molecule has 312 valence electrons. The van der Waals surface area contributed by atoms with Crippen LogP contribution in [0.4, 0.5) is 24.1 Å². The van der Waals surface area contributed by atoms with E-state index in [1.165, 1.54) is 38.1 Å². The molecular weight excluding hydrogens is 775 g/mol. The van der Waals surface area contributed by atoms with E-state index in [2.05, 4.69) is 10.3 Å². The molecule has 0 aliphatic carbocycles. The molecule has 2 amide bonds. The molecule has 4 aromatic carbocycles. The number of halogens is 2. The van der Waals surface area contributed by atoms with Crippen molar-refractivity contribution in [2.75, 3.05) is 18.4 Å². The topological polar surface area (TPSA) is 140 Å². The van der Waals surface area contributed by atoms with Crippen LogP contribution < -0.4 is 5.32 Å². The quantitative estimate of drug-likeness (QED) is 0.0995. The molecule has 14 heteroatoms. The largest absolute Gasteiger partial charge is 0.461 e. The number of fused-ring (bicyclic) bond motifs is 2. The van der Waals surface area contributed by atoms with Crippen molar-refractivity contribution >= 4 is 40.7 Å². The van der Waals surface area contributed by atoms with Gasteiger partial charge in [-0.25, -0.2) is 18.4 Å². The van der Waals surface area contributed by atoms with Crippen LogP contribution in [0.3, 0.4) is 0 Å². The smallest absolute Gasteiger partial charge is 0.410 e. The molecule has 2 saturated heterocycles. The Bertz CT molecular complexity index is 2380. The Morgan fingerprint density at radius 2 is 1.25 bits per heavy atom. The Morgan fingerprint density at radius 1 is 0.700 bits per heavy atom. The fourth-order valence-electron chi connectivity index (χ4n) is 9.08. The van der Waals surface area contributed by atoms with Crippen LogP contribution in [0.2, 0.25) is 0 Å². The average Bonchev–Trinajstić information content (AvgIpc) is 3.99. The average molecular weight is 821 g/mol. The molecule has 0 saturated carbocycles. The van der Waals surface area contributed by atoms with Crippen LogP contribution in [0.5, 0.6) is 0 Å². The van der Waals surface area contributed by atoms with Crippen molar-refractivity contribution in [3.63, 3.8) is 0 Å². The standard InChI is InChI=1S/C46H46F2N4O8/c1-27(53)59-35-19-33(51(23-35)45(55)57-25-29-9-5-3-6-10-29)21-39-37-15-13-31(47)17-41(37)49-43(39)44-40(38-16-14-32(48)18-42(38)50-44)22-34-20-36(60-28(2)54)24-52(34)46(56)58-26-30-11-7-4-8-12-30/h3-18,33-36,39,43,49-50H,19-26H2,1-2H3/t33-,34-,35-,36-,39?,43?/m0/s1. The Morgan fingerprint density at radius 3 is 1.85 bits per heavy atom. The van der Waals surface area contributed by atoms with Crippen LogP contribution >= 0.6 is 0 Å². The van der Waals surface area contributed by atoms with Gasteiger partial charge < -0.3 is 39.0 Å². The molecule has 3 aliphatic rings. The maximum absolute atomic E-state index is 14.9. The summed E-state index contributed by atoms with van der Waals surface area (Å²) in [5.41, 5.74) is 5.02. The van der Waals surface area contributed by atoms with Crippen LogP contribution in [0, 0.1) is 11.6 Å². The van der Waals surface area contributed by atoms with Crippen molar-refractivity contribution in [1.29, 1.82) is 0 Å². The van der Waals surface area contributed by atoms with Gasteiger partial charge in [0.05, 0.1) is 19.1 Å². The molecule has 8 rings (SSSR count). The summed E-state index contributed by atoms with van der Waals surface area (Å²) in [6.45, 7) is 3.03. The Kier molecular flexibility index (Phi) is 11.7. The van der Waals surface area contributed by atoms with Gasteiger partial charge in [0.15, 0.2) is 0 Å². The third-order valence-electron chi connectivity index (χ3n) is 11.6. The number of carbonyl (C=O) groups excluding carboxylic acids is 4. The molecule has 6 atom stereocenters. The first-order valence-corrected chi connectivity index (χ1v) is 20.1. The number of aromatic amines is 1. The van der Waals surface area contributed by atoms with Gasteiger partial charge in [-0.15, -0.1) is 0 Å². The first-order valence-electron chi connectivity index (χ1n) is 20.1. The molecule has 0 bridgehead atoms. The van der Waals surface area contributed by atoms with Gasteiger partial charge in [0.1, 0.15) is 37.1 Å². The predicted molar refractivity (Wildman–Crippen MR) is 217 cm³/mol. The highest BCUT2D eigenvalue weighted by Crippen LogP contribution is 2.50. The fraction of sp³-hybridized carbons (Fsp3) is 0.348. The lowest BCUT2D eigenvalue weighted by Crippen LogP contribution is -2.38. The normalized spacial score (nSPS) is 22.0. The van der Waals surface area contributed by atoms with Gasteiger partial charge in [0, 0.05) is 67.0 Å². The summed E-state index contributed by atoms with van der Waals surface area (Å²) in [6.07, 6.45) is -0.919. The monoisotopic (exact) mass is 820 g/mol. The fourth-order valence-corrected chi connectivity index (χ4v) is 9.08. The summed E-state index contributed by atoms with van der Waals surface area (Å²) in [5.74, 6) is -2.18. The predicted octanol–water partition coefficient (Wildman–Crippen LogP) is 8.31. The zero-order valence-electron chi connectivity index (χ0n) is 33.3. The van der Waals surface area contributed by atoms with E-state index < -0.39 is 66.1 Å². The molecule has 3 aliphatic heterocycles. The van der Waals surface area contributed by atoms with Gasteiger partial charge >= 0.3 is 24.1 Å². The lowest BCUT2D eigenvalue weighted by molar-refractivity contribution is -0.146. The number of esters is 2. The molecule has 0 spiro atoms. The first-order chi connectivity index (χ1) is 29.0. The number of nitrogens with one attached hydrogen (secondary N) is 2. The zero-order chi connectivity index (χ0) is 41.9. The zero-order valence-corrected chi connectivity index (χ0v) is 33.3. The Hall–Kier alpha value is -6.44. The second-order valence-corrected chi connectivity index (χ2v) is 15.7. The van der Waals surface area contributed by atoms with Gasteiger partial charge in [0.2, 0.25) is 0 Å². The highest BCUT2D eigenvalue weighted by atomic mass is 19.1. The minimum Gasteiger partial charge on any atom is -0.461 e. The summed E-state index contributed by atoms with van der Waals surface area (Å²) in [7, 11) is 0. The SMILES string of the molecule is CC(=O)O[C@H]1C[C@@H](Cc2c(C3Nc4cc(F)ccc4C3C[C@@H]3C[C@H](OC(C)=O)CN3C(=O)OCc3ccccc3)[nH]c3cc(F)ccc23)N(C(=O)OCc2ccccc2)C1. The van der Waals surface area contributed by atoms with Gasteiger partial charge in [-0.05, 0) is 65.4 Å². The number of carbonyl (C=O) groups is 4. The van der Waals surface area contributed by atoms with E-state index in [0.29, 0.717) is 36.2 Å². The van der Waals surface area contributed by atoms with Gasteiger partial charge in [-0.1, -0.05) is 66.7 Å². The number of hydrogen-bond donors (Lipinski definition) is 2. The lowest BCUT2D eigenvalue weighted by Gasteiger charge is -2.29. The number of hydrogen-bond acceptors (Lipinski definition) is 9. The van der Waals surface area contributed by atoms with E-state index >= 15 is 0 Å². The molecular formula is C46H46F2N4O8. The van der Waals surface area contributed by atoms with Crippen molar-refractivity contribution in [2.24, 2.45) is 0 Å². The molecule has 60 heavy (non-hydrogen) atoms. The van der Waals surface area contributed by atoms with E-state index in [1.807, 2.05) is 60.7 Å². The van der Waals surface area contributed by atoms with E-state index in [4.69, 9.17) is 18.9 Å².